The maximum atomic E-state index is 11.3. The largest absolute Gasteiger partial charge is 0.508 e. The number of carbonyl (C=O) groups excluding carboxylic acids is 1. The number of amides is 1. The van der Waals surface area contributed by atoms with Gasteiger partial charge in [0.1, 0.15) is 11.5 Å². The van der Waals surface area contributed by atoms with E-state index in [0.29, 0.717) is 33.6 Å². The highest BCUT2D eigenvalue weighted by Gasteiger charge is 2.22. The first-order chi connectivity index (χ1) is 16.7. The third kappa shape index (κ3) is 4.83. The molecule has 0 saturated heterocycles. The number of aromatic nitrogens is 4. The van der Waals surface area contributed by atoms with Gasteiger partial charge in [-0.2, -0.15) is 0 Å². The molecule has 9 nitrogen and oxygen atoms in total. The second-order valence-electron chi connectivity index (χ2n) is 8.50. The Morgan fingerprint density at radius 3 is 2.63 bits per heavy atom. The molecule has 2 aromatic heterocycles. The van der Waals surface area contributed by atoms with E-state index in [1.165, 1.54) is 23.9 Å². The number of aryl methyl sites for hydroxylation is 1. The quantitative estimate of drug-likeness (QED) is 0.218. The fourth-order valence-electron chi connectivity index (χ4n) is 3.91. The average molecular weight is 493 g/mol. The Kier molecular flexibility index (Phi) is 6.74. The molecule has 1 amide bonds. The topological polar surface area (TPSA) is 131 Å². The Hall–Kier alpha value is -3.92. The normalized spacial score (nSPS) is 12.0. The number of carbonyl (C=O) groups is 1. The second-order valence-corrected chi connectivity index (χ2v) is 9.45. The molecule has 0 atom stereocenters. The highest BCUT2D eigenvalue weighted by Crippen LogP contribution is 2.39. The summed E-state index contributed by atoms with van der Waals surface area (Å²) in [6.45, 7) is 3.94. The Morgan fingerprint density at radius 2 is 1.94 bits per heavy atom. The molecule has 0 bridgehead atoms. The molecule has 0 radical (unpaired) electrons. The molecule has 0 aliphatic carbocycles. The van der Waals surface area contributed by atoms with E-state index in [0.717, 1.165) is 16.6 Å². The average Bonchev–Trinajstić information content (AvgIpc) is 3.39. The SMILES string of the molecule is CN/C(=C\C(N)=O)CSc1nnc(-c2cc(C(C)C)c(O)cc2O)n1-c1ccc2c(ccn2C)c1. The van der Waals surface area contributed by atoms with E-state index in [-0.39, 0.29) is 17.4 Å². The predicted octanol–water partition coefficient (Wildman–Crippen LogP) is 3.64. The zero-order valence-corrected chi connectivity index (χ0v) is 20.8. The number of thioether (sulfide) groups is 1. The summed E-state index contributed by atoms with van der Waals surface area (Å²) in [7, 11) is 3.70. The van der Waals surface area contributed by atoms with Gasteiger partial charge in [-0.3, -0.25) is 9.36 Å². The van der Waals surface area contributed by atoms with Crippen molar-refractivity contribution in [1.82, 2.24) is 24.6 Å². The highest BCUT2D eigenvalue weighted by atomic mass is 32.2. The van der Waals surface area contributed by atoms with Crippen LogP contribution in [0, 0.1) is 0 Å². The summed E-state index contributed by atoms with van der Waals surface area (Å²) < 4.78 is 3.90. The van der Waals surface area contributed by atoms with Crippen LogP contribution in [0.15, 0.2) is 59.5 Å². The van der Waals surface area contributed by atoms with Crippen molar-refractivity contribution < 1.29 is 15.0 Å². The van der Waals surface area contributed by atoms with Gasteiger partial charge in [0.2, 0.25) is 5.91 Å². The summed E-state index contributed by atoms with van der Waals surface area (Å²) in [6.07, 6.45) is 3.33. The van der Waals surface area contributed by atoms with Crippen molar-refractivity contribution in [2.45, 2.75) is 24.9 Å². The molecule has 2 heterocycles. The Labute approximate surface area is 207 Å². The van der Waals surface area contributed by atoms with E-state index in [1.807, 2.05) is 60.5 Å². The Bertz CT molecular complexity index is 1440. The van der Waals surface area contributed by atoms with Gasteiger partial charge in [0, 0.05) is 54.8 Å². The van der Waals surface area contributed by atoms with Gasteiger partial charge in [-0.15, -0.1) is 10.2 Å². The van der Waals surface area contributed by atoms with Crippen LogP contribution in [-0.2, 0) is 11.8 Å². The minimum Gasteiger partial charge on any atom is -0.508 e. The van der Waals surface area contributed by atoms with Gasteiger partial charge in [-0.1, -0.05) is 25.6 Å². The number of nitrogens with zero attached hydrogens (tertiary/aromatic N) is 4. The van der Waals surface area contributed by atoms with Gasteiger partial charge >= 0.3 is 0 Å². The lowest BCUT2D eigenvalue weighted by molar-refractivity contribution is -0.113. The molecule has 0 aliphatic heterocycles. The molecule has 182 valence electrons. The lowest BCUT2D eigenvalue weighted by Crippen LogP contribution is -2.15. The molecule has 4 aromatic rings. The van der Waals surface area contributed by atoms with E-state index < -0.39 is 5.91 Å². The van der Waals surface area contributed by atoms with Crippen molar-refractivity contribution in [3.8, 4) is 28.6 Å². The number of rotatable bonds is 8. The minimum absolute atomic E-state index is 0.0304. The number of phenols is 2. The van der Waals surface area contributed by atoms with Crippen LogP contribution in [0.25, 0.3) is 28.0 Å². The van der Waals surface area contributed by atoms with Crippen LogP contribution in [0.1, 0.15) is 25.3 Å². The second kappa shape index (κ2) is 9.75. The third-order valence-corrected chi connectivity index (χ3v) is 6.74. The van der Waals surface area contributed by atoms with E-state index >= 15 is 0 Å². The smallest absolute Gasteiger partial charge is 0.243 e. The molecule has 5 N–H and O–H groups in total. The van der Waals surface area contributed by atoms with Crippen molar-refractivity contribution in [2.75, 3.05) is 12.8 Å². The molecule has 0 fully saturated rings. The number of aromatic hydroxyl groups is 2. The van der Waals surface area contributed by atoms with Crippen molar-refractivity contribution in [1.29, 1.82) is 0 Å². The zero-order chi connectivity index (χ0) is 25.3. The fourth-order valence-corrected chi connectivity index (χ4v) is 4.85. The number of benzene rings is 2. The van der Waals surface area contributed by atoms with Crippen LogP contribution in [0.5, 0.6) is 11.5 Å². The first-order valence-electron chi connectivity index (χ1n) is 11.1. The van der Waals surface area contributed by atoms with Crippen molar-refractivity contribution in [3.05, 3.63) is 59.9 Å². The third-order valence-electron chi connectivity index (χ3n) is 5.76. The fraction of sp³-hybridized carbons (Fsp3) is 0.240. The predicted molar refractivity (Wildman–Crippen MR) is 138 cm³/mol. The molecule has 0 unspecified atom stereocenters. The molecule has 4 rings (SSSR count). The van der Waals surface area contributed by atoms with Crippen LogP contribution in [0.3, 0.4) is 0 Å². The van der Waals surface area contributed by atoms with Gasteiger partial charge in [-0.25, -0.2) is 0 Å². The minimum atomic E-state index is -0.540. The van der Waals surface area contributed by atoms with Crippen molar-refractivity contribution >= 4 is 28.6 Å². The standard InChI is InChI=1S/C25H28N6O3S/c1-14(2)18-11-19(22(33)12-21(18)32)24-28-29-25(35-13-16(27-3)10-23(26)34)31(24)17-5-6-20-15(9-17)7-8-30(20)4/h5-12,14,27,32-33H,13H2,1-4H3,(H2,26,34)/b16-10-. The molecule has 0 aliphatic rings. The van der Waals surface area contributed by atoms with E-state index in [9.17, 15) is 15.0 Å². The molecule has 2 aromatic carbocycles. The summed E-state index contributed by atoms with van der Waals surface area (Å²) in [5.41, 5.74) is 9.01. The van der Waals surface area contributed by atoms with Crippen LogP contribution in [0.2, 0.25) is 0 Å². The number of hydrogen-bond donors (Lipinski definition) is 4. The molecular formula is C25H28N6O3S. The summed E-state index contributed by atoms with van der Waals surface area (Å²) in [5, 5.41) is 34.5. The van der Waals surface area contributed by atoms with Crippen LogP contribution >= 0.6 is 11.8 Å². The van der Waals surface area contributed by atoms with Crippen LogP contribution in [0.4, 0.5) is 0 Å². The number of hydrogen-bond acceptors (Lipinski definition) is 7. The summed E-state index contributed by atoms with van der Waals surface area (Å²) in [4.78, 5) is 11.3. The number of phenolic OH excluding ortho intramolecular Hbond substituents is 2. The summed E-state index contributed by atoms with van der Waals surface area (Å²) in [5.74, 6) is 0.279. The van der Waals surface area contributed by atoms with Crippen molar-refractivity contribution in [2.24, 2.45) is 12.8 Å². The summed E-state index contributed by atoms with van der Waals surface area (Å²) in [6, 6.07) is 11.1. The van der Waals surface area contributed by atoms with E-state index in [2.05, 4.69) is 15.5 Å². The Morgan fingerprint density at radius 1 is 1.17 bits per heavy atom. The summed E-state index contributed by atoms with van der Waals surface area (Å²) >= 11 is 1.38. The van der Waals surface area contributed by atoms with E-state index in [1.54, 1.807) is 13.1 Å². The molecule has 0 spiro atoms. The van der Waals surface area contributed by atoms with E-state index in [4.69, 9.17) is 5.73 Å². The maximum absolute atomic E-state index is 11.3. The van der Waals surface area contributed by atoms with Gasteiger partial charge in [0.25, 0.3) is 0 Å². The highest BCUT2D eigenvalue weighted by molar-refractivity contribution is 7.99. The lowest BCUT2D eigenvalue weighted by atomic mass is 9.98. The van der Waals surface area contributed by atoms with Gasteiger partial charge < -0.3 is 25.8 Å². The van der Waals surface area contributed by atoms with Gasteiger partial charge in [0.05, 0.1) is 11.3 Å². The monoisotopic (exact) mass is 492 g/mol. The molecule has 0 saturated carbocycles. The van der Waals surface area contributed by atoms with Gasteiger partial charge in [0.15, 0.2) is 11.0 Å². The Balaban J connectivity index is 1.88. The lowest BCUT2D eigenvalue weighted by Gasteiger charge is -2.15. The van der Waals surface area contributed by atoms with Crippen LogP contribution < -0.4 is 11.1 Å². The number of nitrogens with two attached hydrogens (primary N) is 1. The maximum Gasteiger partial charge on any atom is 0.243 e. The first-order valence-corrected chi connectivity index (χ1v) is 12.1. The molecule has 10 heteroatoms. The van der Waals surface area contributed by atoms with Crippen molar-refractivity contribution in [3.63, 3.8) is 0 Å². The number of nitrogens with one attached hydrogen (secondary N) is 1. The first kappa shape index (κ1) is 24.2. The molecular weight excluding hydrogens is 464 g/mol. The van der Waals surface area contributed by atoms with Crippen LogP contribution in [-0.4, -0.2) is 48.3 Å². The van der Waals surface area contributed by atoms with Gasteiger partial charge in [-0.05, 0) is 41.8 Å². The number of primary amides is 1. The molecule has 35 heavy (non-hydrogen) atoms. The number of fused-ring (bicyclic) bond motifs is 1. The zero-order valence-electron chi connectivity index (χ0n) is 20.0.